The van der Waals surface area contributed by atoms with Crippen LogP contribution in [-0.4, -0.2) is 56.1 Å². The molecule has 0 aliphatic carbocycles. The maximum atomic E-state index is 12.6. The maximum Gasteiger partial charge on any atom is 0.348 e. The Balaban J connectivity index is 1.44. The first kappa shape index (κ1) is 21.7. The lowest BCUT2D eigenvalue weighted by molar-refractivity contribution is 0.0702. The molecule has 3 aromatic heterocycles. The van der Waals surface area contributed by atoms with E-state index >= 15 is 0 Å². The van der Waals surface area contributed by atoms with E-state index in [2.05, 4.69) is 25.3 Å². The molecule has 164 valence electrons. The zero-order chi connectivity index (χ0) is 22.8. The van der Waals surface area contributed by atoms with Crippen LogP contribution in [0.5, 0.6) is 0 Å². The predicted octanol–water partition coefficient (Wildman–Crippen LogP) is 2.86. The van der Waals surface area contributed by atoms with Gasteiger partial charge in [-0.25, -0.2) is 9.78 Å². The fourth-order valence-corrected chi connectivity index (χ4v) is 4.68. The highest BCUT2D eigenvalue weighted by Gasteiger charge is 2.28. The van der Waals surface area contributed by atoms with Gasteiger partial charge in [-0.05, 0) is 19.8 Å². The van der Waals surface area contributed by atoms with E-state index in [1.165, 1.54) is 18.6 Å². The summed E-state index contributed by atoms with van der Waals surface area (Å²) in [4.78, 5) is 42.0. The first-order valence-corrected chi connectivity index (χ1v) is 10.9. The number of nitriles is 1. The second-order valence-corrected chi connectivity index (χ2v) is 8.59. The number of anilines is 1. The molecule has 1 amide bonds. The van der Waals surface area contributed by atoms with E-state index < -0.39 is 5.97 Å². The Morgan fingerprint density at radius 3 is 2.75 bits per heavy atom. The number of aromatic carboxylic acids is 1. The van der Waals surface area contributed by atoms with Gasteiger partial charge in [0.05, 0.1) is 11.2 Å². The van der Waals surface area contributed by atoms with E-state index in [1.54, 1.807) is 6.92 Å². The van der Waals surface area contributed by atoms with Gasteiger partial charge in [-0.1, -0.05) is 22.9 Å². The molecule has 1 fully saturated rings. The van der Waals surface area contributed by atoms with Gasteiger partial charge in [0.25, 0.3) is 5.91 Å². The Hall–Kier alpha value is -3.49. The van der Waals surface area contributed by atoms with Crippen LogP contribution in [0.3, 0.4) is 0 Å². The van der Waals surface area contributed by atoms with Gasteiger partial charge >= 0.3 is 5.97 Å². The number of carbonyl (C=O) groups excluding carboxylic acids is 1. The largest absolute Gasteiger partial charge is 0.477 e. The number of thiazole rings is 1. The molecule has 12 heteroatoms. The highest BCUT2D eigenvalue weighted by molar-refractivity contribution is 7.17. The van der Waals surface area contributed by atoms with Gasteiger partial charge in [-0.3, -0.25) is 14.8 Å². The van der Waals surface area contributed by atoms with E-state index in [4.69, 9.17) is 11.6 Å². The number of amides is 1. The minimum atomic E-state index is -1.07. The second kappa shape index (κ2) is 8.94. The van der Waals surface area contributed by atoms with Crippen molar-refractivity contribution in [2.75, 3.05) is 18.0 Å². The summed E-state index contributed by atoms with van der Waals surface area (Å²) < 4.78 is 0. The van der Waals surface area contributed by atoms with Gasteiger partial charge in [0.2, 0.25) is 0 Å². The number of H-pyrrole nitrogens is 1. The number of carboxylic acids is 1. The molecular weight excluding hydrogens is 454 g/mol. The van der Waals surface area contributed by atoms with E-state index in [0.29, 0.717) is 48.1 Å². The number of hydrogen-bond donors (Lipinski definition) is 3. The third-order valence-corrected chi connectivity index (χ3v) is 6.74. The van der Waals surface area contributed by atoms with Crippen LogP contribution in [0.2, 0.25) is 5.02 Å². The van der Waals surface area contributed by atoms with Gasteiger partial charge in [0.1, 0.15) is 33.6 Å². The number of aryl methyl sites for hydroxylation is 1. The minimum Gasteiger partial charge on any atom is -0.477 e. The molecule has 1 aliphatic heterocycles. The molecule has 32 heavy (non-hydrogen) atoms. The summed E-state index contributed by atoms with van der Waals surface area (Å²) in [5.41, 5.74) is 1.57. The van der Waals surface area contributed by atoms with Gasteiger partial charge in [0.15, 0.2) is 5.13 Å². The number of rotatable bonds is 5. The molecule has 0 radical (unpaired) electrons. The highest BCUT2D eigenvalue weighted by Crippen LogP contribution is 2.33. The quantitative estimate of drug-likeness (QED) is 0.514. The number of carbonyl (C=O) groups is 2. The lowest BCUT2D eigenvalue weighted by Crippen LogP contribution is -2.45. The second-order valence-electron chi connectivity index (χ2n) is 7.23. The fourth-order valence-electron chi connectivity index (χ4n) is 3.53. The maximum absolute atomic E-state index is 12.6. The summed E-state index contributed by atoms with van der Waals surface area (Å²) in [6.45, 7) is 2.88. The molecule has 0 aromatic carbocycles. The van der Waals surface area contributed by atoms with Crippen LogP contribution in [0.4, 0.5) is 5.13 Å². The number of piperidine rings is 1. The summed E-state index contributed by atoms with van der Waals surface area (Å²) in [5.74, 6) is -1.44. The average molecular weight is 472 g/mol. The number of nitrogens with one attached hydrogen (secondary N) is 2. The molecule has 0 bridgehead atoms. The van der Waals surface area contributed by atoms with Crippen molar-refractivity contribution in [2.45, 2.75) is 25.8 Å². The summed E-state index contributed by atoms with van der Waals surface area (Å²) in [6, 6.07) is 1.87. The molecule has 0 atom stereocenters. The van der Waals surface area contributed by atoms with E-state index in [9.17, 15) is 20.0 Å². The number of aromatic nitrogens is 4. The van der Waals surface area contributed by atoms with Crippen LogP contribution < -0.4 is 10.2 Å². The summed E-state index contributed by atoms with van der Waals surface area (Å²) in [7, 11) is 0. The average Bonchev–Trinajstić information content (AvgIpc) is 3.37. The zero-order valence-electron chi connectivity index (χ0n) is 16.9. The SMILES string of the molecule is Cc1[nH]c(C(=O)NC2CCN(c3nc(-c4cnccn4)c(C(=O)O)s3)CC2)c(C#N)c1Cl. The Morgan fingerprint density at radius 2 is 2.12 bits per heavy atom. The summed E-state index contributed by atoms with van der Waals surface area (Å²) in [5, 5.41) is 22.6. The standard InChI is InChI=1S/C20H18ClN7O3S/c1-10-14(21)12(8-22)15(25-10)18(29)26-11-2-6-28(7-3-11)20-27-16(17(32-20)19(30)31)13-9-23-4-5-24-13/h4-5,9,11,25H,2-3,6-7H2,1H3,(H,26,29)(H,30,31). The first-order valence-electron chi connectivity index (χ1n) is 9.73. The smallest absolute Gasteiger partial charge is 0.348 e. The predicted molar refractivity (Wildman–Crippen MR) is 118 cm³/mol. The van der Waals surface area contributed by atoms with Crippen molar-refractivity contribution in [3.63, 3.8) is 0 Å². The molecule has 4 heterocycles. The first-order chi connectivity index (χ1) is 15.4. The third-order valence-electron chi connectivity index (χ3n) is 5.17. The number of aromatic amines is 1. The zero-order valence-corrected chi connectivity index (χ0v) is 18.5. The van der Waals surface area contributed by atoms with Crippen molar-refractivity contribution in [3.8, 4) is 17.5 Å². The van der Waals surface area contributed by atoms with E-state index in [0.717, 1.165) is 11.3 Å². The lowest BCUT2D eigenvalue weighted by Gasteiger charge is -2.32. The monoisotopic (exact) mass is 471 g/mol. The minimum absolute atomic E-state index is 0.0916. The Kier molecular flexibility index (Phi) is 6.07. The van der Waals surface area contributed by atoms with Crippen LogP contribution in [0.15, 0.2) is 18.6 Å². The van der Waals surface area contributed by atoms with Crippen LogP contribution >= 0.6 is 22.9 Å². The molecule has 3 aromatic rings. The molecule has 1 saturated heterocycles. The molecule has 1 aliphatic rings. The Morgan fingerprint density at radius 1 is 1.38 bits per heavy atom. The van der Waals surface area contributed by atoms with E-state index in [1.807, 2.05) is 11.0 Å². The molecule has 0 unspecified atom stereocenters. The molecular formula is C20H18ClN7O3S. The summed E-state index contributed by atoms with van der Waals surface area (Å²) >= 11 is 7.17. The Labute approximate surface area is 191 Å². The molecule has 0 saturated carbocycles. The van der Waals surface area contributed by atoms with Crippen molar-refractivity contribution >= 4 is 39.9 Å². The van der Waals surface area contributed by atoms with Crippen molar-refractivity contribution in [3.05, 3.63) is 45.4 Å². The van der Waals surface area contributed by atoms with Gasteiger partial charge in [0, 0.05) is 37.2 Å². The van der Waals surface area contributed by atoms with Crippen molar-refractivity contribution in [2.24, 2.45) is 0 Å². The fraction of sp³-hybridized carbons (Fsp3) is 0.300. The van der Waals surface area contributed by atoms with Gasteiger partial charge in [-0.2, -0.15) is 5.26 Å². The number of carboxylic acid groups (broad SMARTS) is 1. The van der Waals surface area contributed by atoms with Gasteiger partial charge in [-0.15, -0.1) is 0 Å². The van der Waals surface area contributed by atoms with Crippen LogP contribution in [0, 0.1) is 18.3 Å². The highest BCUT2D eigenvalue weighted by atomic mass is 35.5. The molecule has 0 spiro atoms. The van der Waals surface area contributed by atoms with Crippen LogP contribution in [-0.2, 0) is 0 Å². The van der Waals surface area contributed by atoms with Crippen molar-refractivity contribution in [1.29, 1.82) is 5.26 Å². The van der Waals surface area contributed by atoms with Gasteiger partial charge < -0.3 is 20.3 Å². The topological polar surface area (TPSA) is 148 Å². The van der Waals surface area contributed by atoms with Crippen LogP contribution in [0.25, 0.3) is 11.4 Å². The van der Waals surface area contributed by atoms with E-state index in [-0.39, 0.29) is 33.1 Å². The lowest BCUT2D eigenvalue weighted by atomic mass is 10.1. The molecule has 10 nitrogen and oxygen atoms in total. The Bertz CT molecular complexity index is 1210. The third kappa shape index (κ3) is 4.15. The molecule has 4 rings (SSSR count). The normalized spacial score (nSPS) is 14.2. The number of nitrogens with zero attached hydrogens (tertiary/aromatic N) is 5. The number of hydrogen-bond acceptors (Lipinski definition) is 8. The van der Waals surface area contributed by atoms with Crippen LogP contribution in [0.1, 0.15) is 44.3 Å². The van der Waals surface area contributed by atoms with Crippen molar-refractivity contribution < 1.29 is 14.7 Å². The number of halogens is 1. The van der Waals surface area contributed by atoms with Crippen molar-refractivity contribution in [1.82, 2.24) is 25.3 Å². The molecule has 3 N–H and O–H groups in total. The summed E-state index contributed by atoms with van der Waals surface area (Å²) in [6.07, 6.45) is 5.77.